The molecule has 3 N–H and O–H groups in total. The van der Waals surface area contributed by atoms with E-state index in [0.29, 0.717) is 5.92 Å². The molecule has 1 aliphatic rings. The minimum Gasteiger partial charge on any atom is -0.352 e. The molecule has 130 valence electrons. The first-order valence-electron chi connectivity index (χ1n) is 7.54. The van der Waals surface area contributed by atoms with Crippen LogP contribution in [0.5, 0.6) is 0 Å². The van der Waals surface area contributed by atoms with Gasteiger partial charge in [-0.3, -0.25) is 4.79 Å². The highest BCUT2D eigenvalue weighted by Gasteiger charge is 2.22. The molecule has 1 aromatic carbocycles. The number of sulfonamides is 1. The van der Waals surface area contributed by atoms with Gasteiger partial charge in [0.1, 0.15) is 0 Å². The Morgan fingerprint density at radius 2 is 2.00 bits per heavy atom. The molecule has 1 saturated heterocycles. The molecule has 8 heteroatoms. The Labute approximate surface area is 143 Å². The van der Waals surface area contributed by atoms with E-state index < -0.39 is 10.0 Å². The highest BCUT2D eigenvalue weighted by atomic mass is 35.5. The first kappa shape index (κ1) is 19.9. The zero-order valence-electron chi connectivity index (χ0n) is 13.1. The van der Waals surface area contributed by atoms with Crippen molar-refractivity contribution < 1.29 is 13.2 Å². The summed E-state index contributed by atoms with van der Waals surface area (Å²) in [4.78, 5) is 12.1. The summed E-state index contributed by atoms with van der Waals surface area (Å²) in [7, 11) is -3.54. The van der Waals surface area contributed by atoms with Gasteiger partial charge in [0.25, 0.3) is 0 Å². The van der Waals surface area contributed by atoms with Crippen molar-refractivity contribution in [3.05, 3.63) is 30.3 Å². The van der Waals surface area contributed by atoms with Crippen LogP contribution in [0.4, 0.5) is 0 Å². The molecule has 6 nitrogen and oxygen atoms in total. The molecule has 1 heterocycles. The Hall–Kier alpha value is -1.15. The lowest BCUT2D eigenvalue weighted by molar-refractivity contribution is -0.122. The number of nitrogens with one attached hydrogen (secondary N) is 3. The van der Waals surface area contributed by atoms with E-state index in [0.717, 1.165) is 19.5 Å². The summed E-state index contributed by atoms with van der Waals surface area (Å²) in [5, 5.41) is 6.20. The molecule has 1 aliphatic heterocycles. The monoisotopic (exact) mass is 361 g/mol. The van der Waals surface area contributed by atoms with E-state index in [4.69, 9.17) is 0 Å². The largest absolute Gasteiger partial charge is 0.352 e. The SMILES string of the molecule is CC1CCNCC1NC(=O)CCNS(=O)(=O)c1ccccc1.Cl. The van der Waals surface area contributed by atoms with Crippen molar-refractivity contribution in [3.8, 4) is 0 Å². The minimum absolute atomic E-state index is 0. The average Bonchev–Trinajstić information content (AvgIpc) is 2.50. The van der Waals surface area contributed by atoms with E-state index in [2.05, 4.69) is 22.3 Å². The molecule has 0 radical (unpaired) electrons. The number of rotatable bonds is 6. The van der Waals surface area contributed by atoms with Gasteiger partial charge in [-0.25, -0.2) is 13.1 Å². The highest BCUT2D eigenvalue weighted by Crippen LogP contribution is 2.11. The van der Waals surface area contributed by atoms with Crippen molar-refractivity contribution in [1.82, 2.24) is 15.4 Å². The van der Waals surface area contributed by atoms with E-state index in [9.17, 15) is 13.2 Å². The first-order valence-corrected chi connectivity index (χ1v) is 9.02. The molecule has 23 heavy (non-hydrogen) atoms. The van der Waals surface area contributed by atoms with Crippen LogP contribution in [-0.4, -0.2) is 40.0 Å². The summed E-state index contributed by atoms with van der Waals surface area (Å²) in [6, 6.07) is 8.26. The Morgan fingerprint density at radius 1 is 1.30 bits per heavy atom. The van der Waals surface area contributed by atoms with Gasteiger partial charge in [0.15, 0.2) is 0 Å². The molecule has 0 aromatic heterocycles. The van der Waals surface area contributed by atoms with Gasteiger partial charge in [-0.1, -0.05) is 25.1 Å². The fourth-order valence-corrected chi connectivity index (χ4v) is 3.50. The maximum Gasteiger partial charge on any atom is 0.240 e. The summed E-state index contributed by atoms with van der Waals surface area (Å²) in [6.45, 7) is 3.95. The number of amides is 1. The molecule has 1 aromatic rings. The molecule has 0 bridgehead atoms. The Balaban J connectivity index is 0.00000264. The van der Waals surface area contributed by atoms with E-state index in [1.54, 1.807) is 18.2 Å². The van der Waals surface area contributed by atoms with Crippen LogP contribution < -0.4 is 15.4 Å². The van der Waals surface area contributed by atoms with Gasteiger partial charge in [-0.05, 0) is 31.0 Å². The second-order valence-electron chi connectivity index (χ2n) is 5.60. The standard InChI is InChI=1S/C15H23N3O3S.ClH/c1-12-7-9-16-11-14(12)18-15(19)8-10-17-22(20,21)13-5-3-2-4-6-13;/h2-6,12,14,16-17H,7-11H2,1H3,(H,18,19);1H. The lowest BCUT2D eigenvalue weighted by Gasteiger charge is -2.30. The van der Waals surface area contributed by atoms with Gasteiger partial charge in [-0.15, -0.1) is 12.4 Å². The highest BCUT2D eigenvalue weighted by molar-refractivity contribution is 7.89. The van der Waals surface area contributed by atoms with Gasteiger partial charge in [-0.2, -0.15) is 0 Å². The predicted molar refractivity (Wildman–Crippen MR) is 92.1 cm³/mol. The van der Waals surface area contributed by atoms with Crippen LogP contribution in [0.15, 0.2) is 35.2 Å². The molecule has 2 rings (SSSR count). The topological polar surface area (TPSA) is 87.3 Å². The number of halogens is 1. The number of carbonyl (C=O) groups is 1. The van der Waals surface area contributed by atoms with Crippen LogP contribution in [0, 0.1) is 5.92 Å². The second kappa shape index (κ2) is 9.22. The van der Waals surface area contributed by atoms with E-state index in [1.807, 2.05) is 0 Å². The quantitative estimate of drug-likeness (QED) is 0.702. The molecule has 0 saturated carbocycles. The number of carbonyl (C=O) groups excluding carboxylic acids is 1. The van der Waals surface area contributed by atoms with Crippen molar-refractivity contribution in [2.75, 3.05) is 19.6 Å². The van der Waals surface area contributed by atoms with Crippen molar-refractivity contribution >= 4 is 28.3 Å². The summed E-state index contributed by atoms with van der Waals surface area (Å²) in [5.41, 5.74) is 0. The third-order valence-electron chi connectivity index (χ3n) is 3.87. The van der Waals surface area contributed by atoms with Crippen molar-refractivity contribution in [3.63, 3.8) is 0 Å². The molecule has 0 spiro atoms. The number of piperidine rings is 1. The minimum atomic E-state index is -3.54. The van der Waals surface area contributed by atoms with Gasteiger partial charge in [0, 0.05) is 25.6 Å². The zero-order valence-corrected chi connectivity index (χ0v) is 14.8. The van der Waals surface area contributed by atoms with Crippen LogP contribution >= 0.6 is 12.4 Å². The molecular formula is C15H24ClN3O3S. The van der Waals surface area contributed by atoms with Gasteiger partial charge in [0.05, 0.1) is 4.90 Å². The fraction of sp³-hybridized carbons (Fsp3) is 0.533. The van der Waals surface area contributed by atoms with Crippen LogP contribution in [0.25, 0.3) is 0 Å². The third-order valence-corrected chi connectivity index (χ3v) is 5.35. The summed E-state index contributed by atoms with van der Waals surface area (Å²) >= 11 is 0. The summed E-state index contributed by atoms with van der Waals surface area (Å²) < 4.78 is 26.5. The smallest absolute Gasteiger partial charge is 0.240 e. The number of hydrogen-bond donors (Lipinski definition) is 3. The van der Waals surface area contributed by atoms with Crippen LogP contribution in [0.1, 0.15) is 19.8 Å². The molecular weight excluding hydrogens is 338 g/mol. The van der Waals surface area contributed by atoms with Gasteiger partial charge in [0.2, 0.25) is 15.9 Å². The van der Waals surface area contributed by atoms with E-state index >= 15 is 0 Å². The Morgan fingerprint density at radius 3 is 2.65 bits per heavy atom. The number of hydrogen-bond acceptors (Lipinski definition) is 4. The summed E-state index contributed by atoms with van der Waals surface area (Å²) in [6.07, 6.45) is 1.17. The molecule has 1 fully saturated rings. The maximum atomic E-state index is 12.0. The van der Waals surface area contributed by atoms with E-state index in [1.165, 1.54) is 12.1 Å². The molecule has 0 aliphatic carbocycles. The predicted octanol–water partition coefficient (Wildman–Crippen LogP) is 0.891. The van der Waals surface area contributed by atoms with Crippen LogP contribution in [0.3, 0.4) is 0 Å². The van der Waals surface area contributed by atoms with Gasteiger partial charge < -0.3 is 10.6 Å². The molecule has 2 atom stereocenters. The van der Waals surface area contributed by atoms with Crippen LogP contribution in [0.2, 0.25) is 0 Å². The average molecular weight is 362 g/mol. The molecule has 2 unspecified atom stereocenters. The fourth-order valence-electron chi connectivity index (χ4n) is 2.44. The number of benzene rings is 1. The summed E-state index contributed by atoms with van der Waals surface area (Å²) in [5.74, 6) is 0.308. The lowest BCUT2D eigenvalue weighted by Crippen LogP contribution is -2.50. The van der Waals surface area contributed by atoms with Crippen molar-refractivity contribution in [1.29, 1.82) is 0 Å². The lowest BCUT2D eigenvalue weighted by atomic mass is 9.95. The Bertz CT molecular complexity index is 595. The normalized spacial score (nSPS) is 21.3. The zero-order chi connectivity index (χ0) is 16.0. The second-order valence-corrected chi connectivity index (χ2v) is 7.37. The van der Waals surface area contributed by atoms with Crippen LogP contribution in [-0.2, 0) is 14.8 Å². The first-order chi connectivity index (χ1) is 10.5. The maximum absolute atomic E-state index is 12.0. The third kappa shape index (κ3) is 6.10. The van der Waals surface area contributed by atoms with Crippen molar-refractivity contribution in [2.45, 2.75) is 30.7 Å². The Kier molecular flexibility index (Phi) is 7.98. The molecule has 1 amide bonds. The van der Waals surface area contributed by atoms with Crippen molar-refractivity contribution in [2.24, 2.45) is 5.92 Å². The van der Waals surface area contributed by atoms with E-state index in [-0.39, 0.29) is 42.2 Å². The van der Waals surface area contributed by atoms with Gasteiger partial charge >= 0.3 is 0 Å².